The molecule has 174 valence electrons. The minimum absolute atomic E-state index is 0.0659. The van der Waals surface area contributed by atoms with Gasteiger partial charge in [-0.1, -0.05) is 38.1 Å². The summed E-state index contributed by atoms with van der Waals surface area (Å²) in [6.07, 6.45) is -0.913. The molecule has 2 aromatic rings. The molecule has 0 saturated carbocycles. The van der Waals surface area contributed by atoms with Gasteiger partial charge in [-0.25, -0.2) is 4.98 Å². The number of alkyl halides is 2. The summed E-state index contributed by atoms with van der Waals surface area (Å²) in [5, 5.41) is 21.7. The highest BCUT2D eigenvalue weighted by Crippen LogP contribution is 2.40. The Morgan fingerprint density at radius 1 is 1.25 bits per heavy atom. The van der Waals surface area contributed by atoms with Crippen molar-refractivity contribution in [3.05, 3.63) is 53.2 Å². The highest BCUT2D eigenvalue weighted by Gasteiger charge is 2.52. The van der Waals surface area contributed by atoms with E-state index in [2.05, 4.69) is 15.0 Å². The Hall–Kier alpha value is -2.62. The van der Waals surface area contributed by atoms with Gasteiger partial charge in [0, 0.05) is 25.3 Å². The van der Waals surface area contributed by atoms with Crippen LogP contribution in [0, 0.1) is 6.92 Å². The fourth-order valence-electron chi connectivity index (χ4n) is 4.12. The largest absolute Gasteiger partial charge is 0.415 e. The maximum absolute atomic E-state index is 13.6. The molecule has 2 heterocycles. The number of likely N-dealkylation sites (tertiary alicyclic amines) is 1. The number of nitrogens with one attached hydrogen (secondary N) is 1. The number of pyridine rings is 1. The third-order valence-electron chi connectivity index (χ3n) is 5.65. The Bertz CT molecular complexity index is 949. The number of aliphatic hydroxyl groups is 2. The van der Waals surface area contributed by atoms with Gasteiger partial charge >= 0.3 is 6.61 Å². The Balaban J connectivity index is 1.95. The zero-order chi connectivity index (χ0) is 23.5. The summed E-state index contributed by atoms with van der Waals surface area (Å²) in [6, 6.07) is 10.7. The van der Waals surface area contributed by atoms with Crippen molar-refractivity contribution in [3.63, 3.8) is 0 Å². The predicted octanol–water partition coefficient (Wildman–Crippen LogP) is 2.66. The molecule has 3 rings (SSSR count). The van der Waals surface area contributed by atoms with Gasteiger partial charge in [0.1, 0.15) is 5.69 Å². The molecular formula is C23H29F2N3O4. The van der Waals surface area contributed by atoms with Crippen molar-refractivity contribution in [1.29, 1.82) is 0 Å². The van der Waals surface area contributed by atoms with E-state index in [1.807, 2.05) is 43.0 Å². The molecule has 1 unspecified atom stereocenters. The summed E-state index contributed by atoms with van der Waals surface area (Å²) >= 11 is 0. The van der Waals surface area contributed by atoms with Gasteiger partial charge < -0.3 is 20.3 Å². The van der Waals surface area contributed by atoms with Crippen LogP contribution in [0.5, 0.6) is 5.88 Å². The fraction of sp³-hybridized carbons (Fsp3) is 0.478. The zero-order valence-corrected chi connectivity index (χ0v) is 18.4. The van der Waals surface area contributed by atoms with Gasteiger partial charge in [0.05, 0.1) is 18.1 Å². The fourth-order valence-corrected chi connectivity index (χ4v) is 4.12. The number of benzene rings is 1. The number of ether oxygens (including phenoxy) is 1. The molecule has 1 aromatic heterocycles. The predicted molar refractivity (Wildman–Crippen MR) is 116 cm³/mol. The van der Waals surface area contributed by atoms with E-state index in [0.717, 1.165) is 11.1 Å². The molecular weight excluding hydrogens is 420 g/mol. The molecule has 0 bridgehead atoms. The van der Waals surface area contributed by atoms with Gasteiger partial charge in [-0.2, -0.15) is 8.78 Å². The van der Waals surface area contributed by atoms with Gasteiger partial charge in [-0.3, -0.25) is 9.69 Å². The SMILES string of the molecule is Cc1ccc(NC(=O)C2(c3ccccc3C(C)C)CN(CC(O)CO)C2)c(OC(F)F)n1. The number of amides is 1. The first-order chi connectivity index (χ1) is 15.2. The van der Waals surface area contributed by atoms with E-state index in [4.69, 9.17) is 5.11 Å². The van der Waals surface area contributed by atoms with E-state index < -0.39 is 18.1 Å². The van der Waals surface area contributed by atoms with Gasteiger partial charge in [0.25, 0.3) is 0 Å². The van der Waals surface area contributed by atoms with E-state index in [1.54, 1.807) is 13.0 Å². The number of anilines is 1. The lowest BCUT2D eigenvalue weighted by Gasteiger charge is -2.50. The summed E-state index contributed by atoms with van der Waals surface area (Å²) in [5.41, 5.74) is 1.44. The second-order valence-corrected chi connectivity index (χ2v) is 8.47. The first-order valence-corrected chi connectivity index (χ1v) is 10.5. The van der Waals surface area contributed by atoms with E-state index in [0.29, 0.717) is 18.8 Å². The van der Waals surface area contributed by atoms with Crippen molar-refractivity contribution in [2.75, 3.05) is 31.6 Å². The quantitative estimate of drug-likeness (QED) is 0.545. The van der Waals surface area contributed by atoms with Crippen molar-refractivity contribution < 1.29 is 28.5 Å². The van der Waals surface area contributed by atoms with Crippen molar-refractivity contribution in [1.82, 2.24) is 9.88 Å². The third kappa shape index (κ3) is 5.06. The Kier molecular flexibility index (Phi) is 7.43. The molecule has 1 atom stereocenters. The lowest BCUT2D eigenvalue weighted by molar-refractivity contribution is -0.129. The molecule has 1 aromatic carbocycles. The van der Waals surface area contributed by atoms with Crippen LogP contribution in [-0.4, -0.2) is 65.0 Å². The zero-order valence-electron chi connectivity index (χ0n) is 18.4. The van der Waals surface area contributed by atoms with Gasteiger partial charge in [0.2, 0.25) is 11.8 Å². The highest BCUT2D eigenvalue weighted by atomic mass is 19.3. The summed E-state index contributed by atoms with van der Waals surface area (Å²) in [5.74, 6) is -0.552. The van der Waals surface area contributed by atoms with Crippen molar-refractivity contribution >= 4 is 11.6 Å². The molecule has 7 nitrogen and oxygen atoms in total. The minimum atomic E-state index is -3.07. The molecule has 1 aliphatic rings. The number of aromatic nitrogens is 1. The van der Waals surface area contributed by atoms with E-state index in [1.165, 1.54) is 6.07 Å². The molecule has 1 saturated heterocycles. The number of hydrogen-bond acceptors (Lipinski definition) is 6. The average Bonchev–Trinajstić information content (AvgIpc) is 2.71. The summed E-state index contributed by atoms with van der Waals surface area (Å²) in [4.78, 5) is 19.5. The van der Waals surface area contributed by atoms with Crippen LogP contribution in [0.2, 0.25) is 0 Å². The molecule has 1 aliphatic heterocycles. The summed E-state index contributed by atoms with van der Waals surface area (Å²) in [7, 11) is 0. The number of hydrogen-bond donors (Lipinski definition) is 3. The molecule has 0 radical (unpaired) electrons. The van der Waals surface area contributed by atoms with Crippen molar-refractivity contribution in [2.24, 2.45) is 0 Å². The first-order valence-electron chi connectivity index (χ1n) is 10.5. The standard InChI is InChI=1S/C23H29F2N3O4/c1-14(2)17-6-4-5-7-18(17)23(12-28(13-23)10-16(30)11-29)21(31)27-19-9-8-15(3)26-20(19)32-22(24)25/h4-9,14,16,22,29-30H,10-13H2,1-3H3,(H,27,31). The smallest absolute Gasteiger partial charge is 0.388 e. The molecule has 1 amide bonds. The molecule has 0 aliphatic carbocycles. The number of carbonyl (C=O) groups is 1. The number of halogens is 2. The molecule has 1 fully saturated rings. The second kappa shape index (κ2) is 9.89. The highest BCUT2D eigenvalue weighted by molar-refractivity contribution is 6.01. The Labute approximate surface area is 186 Å². The maximum atomic E-state index is 13.6. The maximum Gasteiger partial charge on any atom is 0.388 e. The third-order valence-corrected chi connectivity index (χ3v) is 5.65. The van der Waals surface area contributed by atoms with Gasteiger partial charge in [0.15, 0.2) is 0 Å². The topological polar surface area (TPSA) is 94.9 Å². The number of aryl methyl sites for hydroxylation is 1. The van der Waals surface area contributed by atoms with Gasteiger partial charge in [-0.05, 0) is 36.1 Å². The first kappa shape index (κ1) is 24.0. The lowest BCUT2D eigenvalue weighted by atomic mass is 9.69. The summed E-state index contributed by atoms with van der Waals surface area (Å²) in [6.45, 7) is 3.11. The van der Waals surface area contributed by atoms with Crippen LogP contribution >= 0.6 is 0 Å². The van der Waals surface area contributed by atoms with Crippen LogP contribution in [0.15, 0.2) is 36.4 Å². The van der Waals surface area contributed by atoms with Gasteiger partial charge in [-0.15, -0.1) is 0 Å². The van der Waals surface area contributed by atoms with Crippen LogP contribution in [0.4, 0.5) is 14.5 Å². The van der Waals surface area contributed by atoms with Crippen LogP contribution < -0.4 is 10.1 Å². The number of β-amino-alcohol motifs (C(OH)–C–C–N with tert-alkyl or cyclic N) is 1. The van der Waals surface area contributed by atoms with Crippen LogP contribution in [0.1, 0.15) is 36.6 Å². The van der Waals surface area contributed by atoms with E-state index >= 15 is 0 Å². The summed E-state index contributed by atoms with van der Waals surface area (Å²) < 4.78 is 30.3. The normalized spacial score (nSPS) is 16.7. The average molecular weight is 449 g/mol. The second-order valence-electron chi connectivity index (χ2n) is 8.47. The monoisotopic (exact) mass is 449 g/mol. The molecule has 3 N–H and O–H groups in total. The van der Waals surface area contributed by atoms with Crippen LogP contribution in [0.3, 0.4) is 0 Å². The minimum Gasteiger partial charge on any atom is -0.415 e. The van der Waals surface area contributed by atoms with Crippen molar-refractivity contribution in [2.45, 2.75) is 44.8 Å². The number of rotatable bonds is 9. The van der Waals surface area contributed by atoms with E-state index in [9.17, 15) is 18.7 Å². The molecule has 32 heavy (non-hydrogen) atoms. The number of nitrogens with zero attached hydrogens (tertiary/aromatic N) is 2. The molecule has 0 spiro atoms. The van der Waals surface area contributed by atoms with Crippen LogP contribution in [-0.2, 0) is 10.2 Å². The Morgan fingerprint density at radius 3 is 2.56 bits per heavy atom. The number of aliphatic hydroxyl groups excluding tert-OH is 2. The lowest BCUT2D eigenvalue weighted by Crippen LogP contribution is -2.66. The Morgan fingerprint density at radius 2 is 1.94 bits per heavy atom. The van der Waals surface area contributed by atoms with E-state index in [-0.39, 0.29) is 36.5 Å². The van der Waals surface area contributed by atoms with Crippen LogP contribution in [0.25, 0.3) is 0 Å². The molecule has 9 heteroatoms. The van der Waals surface area contributed by atoms with Crippen molar-refractivity contribution in [3.8, 4) is 5.88 Å². The number of carbonyl (C=O) groups excluding carboxylic acids is 1.